The molecule has 1 aromatic carbocycles. The van der Waals surface area contributed by atoms with E-state index in [9.17, 15) is 18.0 Å². The van der Waals surface area contributed by atoms with E-state index in [1.54, 1.807) is 0 Å². The molecule has 0 saturated heterocycles. The summed E-state index contributed by atoms with van der Waals surface area (Å²) in [5.41, 5.74) is 5.34. The van der Waals surface area contributed by atoms with Crippen LogP contribution in [0.15, 0.2) is 29.2 Å². The predicted molar refractivity (Wildman–Crippen MR) is 65.4 cm³/mol. The quantitative estimate of drug-likeness (QED) is 0.712. The molecule has 0 unspecified atom stereocenters. The molecule has 0 aliphatic heterocycles. The predicted octanol–water partition coefficient (Wildman–Crippen LogP) is 0.0429. The van der Waals surface area contributed by atoms with Crippen molar-refractivity contribution in [3.05, 3.63) is 29.8 Å². The first-order valence-corrected chi connectivity index (χ1v) is 6.70. The Hall–Kier alpha value is -1.73. The summed E-state index contributed by atoms with van der Waals surface area (Å²) in [5.74, 6) is -0.717. The molecule has 0 aliphatic rings. The first-order valence-electron chi connectivity index (χ1n) is 5.22. The molecule has 0 radical (unpaired) electrons. The number of hydrogen-bond donors (Lipinski definition) is 2. The maximum atomic E-state index is 11.7. The molecule has 0 saturated carbocycles. The van der Waals surface area contributed by atoms with Gasteiger partial charge in [0, 0.05) is 18.5 Å². The summed E-state index contributed by atoms with van der Waals surface area (Å²) in [7, 11) is -3.67. The minimum absolute atomic E-state index is 0.0389. The maximum absolute atomic E-state index is 11.7. The second-order valence-electron chi connectivity index (χ2n) is 3.69. The zero-order valence-electron chi connectivity index (χ0n) is 9.84. The minimum Gasteiger partial charge on any atom is -0.370 e. The molecule has 98 valence electrons. The fraction of sp³-hybridized carbons (Fsp3) is 0.273. The number of nitrogens with two attached hydrogens (primary N) is 1. The molecular formula is C11H14N2O4S. The zero-order chi connectivity index (χ0) is 13.8. The Morgan fingerprint density at radius 2 is 1.78 bits per heavy atom. The Morgan fingerprint density at radius 1 is 1.22 bits per heavy atom. The fourth-order valence-corrected chi connectivity index (χ4v) is 2.29. The Kier molecular flexibility index (Phi) is 4.57. The van der Waals surface area contributed by atoms with E-state index >= 15 is 0 Å². The lowest BCUT2D eigenvalue weighted by Gasteiger charge is -2.06. The second kappa shape index (κ2) is 5.74. The second-order valence-corrected chi connectivity index (χ2v) is 5.46. The Labute approximate surface area is 105 Å². The standard InChI is InChI=1S/C11H14N2O4S/c1-8(14)9-2-4-10(5-3-9)18(16,17)13-7-6-11(12)15/h2-5,13H,6-7H2,1H3,(H2,12,15). The SMILES string of the molecule is CC(=O)c1ccc(S(=O)(=O)NCCC(N)=O)cc1. The molecule has 0 atom stereocenters. The van der Waals surface area contributed by atoms with Gasteiger partial charge in [-0.05, 0) is 19.1 Å². The number of sulfonamides is 1. The maximum Gasteiger partial charge on any atom is 0.240 e. The fourth-order valence-electron chi connectivity index (χ4n) is 1.26. The lowest BCUT2D eigenvalue weighted by atomic mass is 10.2. The number of Topliss-reactive ketones (excluding diaryl/α,β-unsaturated/α-hetero) is 1. The van der Waals surface area contributed by atoms with Crippen LogP contribution < -0.4 is 10.5 Å². The van der Waals surface area contributed by atoms with Gasteiger partial charge in [-0.3, -0.25) is 9.59 Å². The molecular weight excluding hydrogens is 256 g/mol. The van der Waals surface area contributed by atoms with Gasteiger partial charge >= 0.3 is 0 Å². The van der Waals surface area contributed by atoms with E-state index in [-0.39, 0.29) is 23.6 Å². The molecule has 18 heavy (non-hydrogen) atoms. The van der Waals surface area contributed by atoms with Crippen molar-refractivity contribution in [2.24, 2.45) is 5.73 Å². The smallest absolute Gasteiger partial charge is 0.240 e. The summed E-state index contributed by atoms with van der Waals surface area (Å²) in [5, 5.41) is 0. The number of ketones is 1. The highest BCUT2D eigenvalue weighted by Crippen LogP contribution is 2.10. The molecule has 1 rings (SSSR count). The number of amides is 1. The van der Waals surface area contributed by atoms with Crippen LogP contribution in [0.1, 0.15) is 23.7 Å². The number of nitrogens with one attached hydrogen (secondary N) is 1. The van der Waals surface area contributed by atoms with Gasteiger partial charge in [0.15, 0.2) is 5.78 Å². The molecule has 0 bridgehead atoms. The Bertz CT molecular complexity index is 549. The van der Waals surface area contributed by atoms with Crippen molar-refractivity contribution in [3.8, 4) is 0 Å². The summed E-state index contributed by atoms with van der Waals surface area (Å²) < 4.78 is 25.7. The average molecular weight is 270 g/mol. The average Bonchev–Trinajstić information content (AvgIpc) is 2.28. The van der Waals surface area contributed by atoms with Gasteiger partial charge in [0.25, 0.3) is 0 Å². The Morgan fingerprint density at radius 3 is 2.22 bits per heavy atom. The molecule has 0 aromatic heterocycles. The van der Waals surface area contributed by atoms with Crippen molar-refractivity contribution in [2.45, 2.75) is 18.2 Å². The van der Waals surface area contributed by atoms with Gasteiger partial charge in [-0.1, -0.05) is 12.1 Å². The number of rotatable bonds is 6. The van der Waals surface area contributed by atoms with Crippen molar-refractivity contribution < 1.29 is 18.0 Å². The third-order valence-corrected chi connectivity index (χ3v) is 3.71. The van der Waals surface area contributed by atoms with Crippen LogP contribution in [0, 0.1) is 0 Å². The van der Waals surface area contributed by atoms with Crippen LogP contribution >= 0.6 is 0 Å². The number of carbonyl (C=O) groups is 2. The van der Waals surface area contributed by atoms with Crippen LogP contribution in [0.5, 0.6) is 0 Å². The molecule has 0 fully saturated rings. The molecule has 1 amide bonds. The third-order valence-electron chi connectivity index (χ3n) is 2.23. The van der Waals surface area contributed by atoms with Gasteiger partial charge in [-0.2, -0.15) is 0 Å². The van der Waals surface area contributed by atoms with Crippen LogP contribution in [0.25, 0.3) is 0 Å². The summed E-state index contributed by atoms with van der Waals surface area (Å²) in [6.45, 7) is 1.35. The third kappa shape index (κ3) is 3.94. The summed E-state index contributed by atoms with van der Waals surface area (Å²) in [6.07, 6.45) is -0.0647. The van der Waals surface area contributed by atoms with Crippen molar-refractivity contribution in [2.75, 3.05) is 6.54 Å². The molecule has 0 heterocycles. The van der Waals surface area contributed by atoms with Crippen molar-refractivity contribution in [3.63, 3.8) is 0 Å². The number of benzene rings is 1. The van der Waals surface area contributed by atoms with E-state index in [2.05, 4.69) is 4.72 Å². The molecule has 0 spiro atoms. The van der Waals surface area contributed by atoms with Gasteiger partial charge in [-0.25, -0.2) is 13.1 Å². The van der Waals surface area contributed by atoms with Crippen LogP contribution in [0.3, 0.4) is 0 Å². The molecule has 7 heteroatoms. The monoisotopic (exact) mass is 270 g/mol. The van der Waals surface area contributed by atoms with Gasteiger partial charge in [0.05, 0.1) is 4.90 Å². The molecule has 0 aliphatic carbocycles. The molecule has 1 aromatic rings. The van der Waals surface area contributed by atoms with Crippen LogP contribution in [-0.4, -0.2) is 26.7 Å². The van der Waals surface area contributed by atoms with Crippen molar-refractivity contribution >= 4 is 21.7 Å². The highest BCUT2D eigenvalue weighted by atomic mass is 32.2. The highest BCUT2D eigenvalue weighted by molar-refractivity contribution is 7.89. The van der Waals surface area contributed by atoms with E-state index in [0.717, 1.165) is 0 Å². The van der Waals surface area contributed by atoms with Gasteiger partial charge < -0.3 is 5.73 Å². The van der Waals surface area contributed by atoms with Crippen molar-refractivity contribution in [1.29, 1.82) is 0 Å². The van der Waals surface area contributed by atoms with Gasteiger partial charge in [-0.15, -0.1) is 0 Å². The first-order chi connectivity index (χ1) is 8.33. The summed E-state index contributed by atoms with van der Waals surface area (Å²) >= 11 is 0. The van der Waals surface area contributed by atoms with Crippen LogP contribution in [-0.2, 0) is 14.8 Å². The summed E-state index contributed by atoms with van der Waals surface area (Å²) in [4.78, 5) is 21.6. The van der Waals surface area contributed by atoms with Crippen LogP contribution in [0.4, 0.5) is 0 Å². The van der Waals surface area contributed by atoms with E-state index in [1.165, 1.54) is 31.2 Å². The topological polar surface area (TPSA) is 106 Å². The number of primary amides is 1. The lowest BCUT2D eigenvalue weighted by Crippen LogP contribution is -2.28. The minimum atomic E-state index is -3.67. The molecule has 3 N–H and O–H groups in total. The largest absolute Gasteiger partial charge is 0.370 e. The van der Waals surface area contributed by atoms with E-state index < -0.39 is 15.9 Å². The first kappa shape index (κ1) is 14.3. The van der Waals surface area contributed by atoms with E-state index in [0.29, 0.717) is 5.56 Å². The summed E-state index contributed by atoms with van der Waals surface area (Å²) in [6, 6.07) is 5.54. The van der Waals surface area contributed by atoms with Gasteiger partial charge in [0.2, 0.25) is 15.9 Å². The lowest BCUT2D eigenvalue weighted by molar-refractivity contribution is -0.117. The normalized spacial score (nSPS) is 11.2. The Balaban J connectivity index is 2.79. The van der Waals surface area contributed by atoms with Gasteiger partial charge in [0.1, 0.15) is 0 Å². The number of carbonyl (C=O) groups excluding carboxylic acids is 2. The highest BCUT2D eigenvalue weighted by Gasteiger charge is 2.13. The number of hydrogen-bond acceptors (Lipinski definition) is 4. The zero-order valence-corrected chi connectivity index (χ0v) is 10.7. The van der Waals surface area contributed by atoms with E-state index in [1.807, 2.05) is 0 Å². The molecule has 6 nitrogen and oxygen atoms in total. The van der Waals surface area contributed by atoms with E-state index in [4.69, 9.17) is 5.73 Å². The van der Waals surface area contributed by atoms with Crippen molar-refractivity contribution in [1.82, 2.24) is 4.72 Å². The van der Waals surface area contributed by atoms with Crippen LogP contribution in [0.2, 0.25) is 0 Å².